The van der Waals surface area contributed by atoms with Gasteiger partial charge in [0.1, 0.15) is 11.4 Å². The third-order valence-corrected chi connectivity index (χ3v) is 2.77. The first-order valence-electron chi connectivity index (χ1n) is 5.73. The summed E-state index contributed by atoms with van der Waals surface area (Å²) in [6, 6.07) is 5.54. The molecule has 0 spiro atoms. The number of methoxy groups -OCH3 is 1. The molecule has 0 bridgehead atoms. The molecule has 0 fully saturated rings. The van der Waals surface area contributed by atoms with E-state index in [4.69, 9.17) is 5.73 Å². The van der Waals surface area contributed by atoms with Crippen LogP contribution in [0.25, 0.3) is 11.3 Å². The number of benzene rings is 1. The maximum atomic E-state index is 13.4. The number of carbonyl (C=O) groups is 1. The van der Waals surface area contributed by atoms with E-state index in [1.54, 1.807) is 0 Å². The van der Waals surface area contributed by atoms with Crippen LogP contribution in [-0.2, 0) is 11.3 Å². The van der Waals surface area contributed by atoms with E-state index >= 15 is 0 Å². The number of nitrogens with one attached hydrogen (secondary N) is 1. The van der Waals surface area contributed by atoms with Gasteiger partial charge in [-0.15, -0.1) is 0 Å². The van der Waals surface area contributed by atoms with Crippen molar-refractivity contribution in [3.8, 4) is 11.3 Å². The molecule has 2 rings (SSSR count). The molecule has 1 heterocycles. The molecule has 0 unspecified atom stereocenters. The maximum absolute atomic E-state index is 13.4. The number of ether oxygens (including phenoxy) is 1. The van der Waals surface area contributed by atoms with E-state index in [-0.39, 0.29) is 12.1 Å². The van der Waals surface area contributed by atoms with Crippen molar-refractivity contribution in [1.29, 1.82) is 0 Å². The van der Waals surface area contributed by atoms with Crippen molar-refractivity contribution in [2.45, 2.75) is 6.54 Å². The minimum absolute atomic E-state index is 0.0346. The molecule has 0 amide bonds. The Hall–Kier alpha value is -2.54. The van der Waals surface area contributed by atoms with E-state index in [0.29, 0.717) is 16.8 Å². The van der Waals surface area contributed by atoms with Gasteiger partial charge in [0.2, 0.25) is 0 Å². The van der Waals surface area contributed by atoms with E-state index < -0.39 is 17.3 Å². The molecule has 0 atom stereocenters. The lowest BCUT2D eigenvalue weighted by atomic mass is 10.1. The van der Waals surface area contributed by atoms with Gasteiger partial charge in [0.25, 0.3) is 5.56 Å². The summed E-state index contributed by atoms with van der Waals surface area (Å²) < 4.78 is 17.9. The first-order chi connectivity index (χ1) is 9.56. The summed E-state index contributed by atoms with van der Waals surface area (Å²) in [6.07, 6.45) is 0. The second kappa shape index (κ2) is 5.62. The molecule has 6 nitrogen and oxygen atoms in total. The zero-order chi connectivity index (χ0) is 14.7. The van der Waals surface area contributed by atoms with Crippen LogP contribution >= 0.6 is 0 Å². The summed E-state index contributed by atoms with van der Waals surface area (Å²) in [6.45, 7) is 0.0346. The smallest absolute Gasteiger partial charge is 0.343 e. The quantitative estimate of drug-likeness (QED) is 0.809. The lowest BCUT2D eigenvalue weighted by Gasteiger charge is -2.05. The number of rotatable bonds is 3. The van der Waals surface area contributed by atoms with Gasteiger partial charge >= 0.3 is 5.97 Å². The fourth-order valence-electron chi connectivity index (χ4n) is 1.71. The zero-order valence-corrected chi connectivity index (χ0v) is 10.6. The molecule has 3 N–H and O–H groups in total. The Morgan fingerprint density at radius 1 is 1.45 bits per heavy atom. The Labute approximate surface area is 113 Å². The molecule has 0 radical (unpaired) electrons. The average molecular weight is 277 g/mol. The van der Waals surface area contributed by atoms with Crippen LogP contribution in [0.5, 0.6) is 0 Å². The van der Waals surface area contributed by atoms with Crippen LogP contribution in [-0.4, -0.2) is 23.3 Å². The van der Waals surface area contributed by atoms with Gasteiger partial charge in [0, 0.05) is 17.7 Å². The van der Waals surface area contributed by atoms with Crippen LogP contribution in [0.3, 0.4) is 0 Å². The van der Waals surface area contributed by atoms with Crippen LogP contribution in [0.2, 0.25) is 0 Å². The molecule has 0 saturated carbocycles. The number of H-pyrrole nitrogens is 1. The predicted molar refractivity (Wildman–Crippen MR) is 69.5 cm³/mol. The van der Waals surface area contributed by atoms with Gasteiger partial charge < -0.3 is 10.5 Å². The van der Waals surface area contributed by atoms with Gasteiger partial charge in [0.05, 0.1) is 12.8 Å². The molecule has 104 valence electrons. The SMILES string of the molecule is COC(=O)c1cc(-c2ccc(F)c(CN)c2)n[nH]c1=O. The summed E-state index contributed by atoms with van der Waals surface area (Å²) >= 11 is 0. The largest absolute Gasteiger partial charge is 0.465 e. The minimum Gasteiger partial charge on any atom is -0.465 e. The third-order valence-electron chi connectivity index (χ3n) is 2.77. The van der Waals surface area contributed by atoms with E-state index in [1.807, 2.05) is 0 Å². The number of esters is 1. The second-order valence-electron chi connectivity index (χ2n) is 4.00. The predicted octanol–water partition coefficient (Wildman–Crippen LogP) is 0.821. The molecule has 1 aromatic heterocycles. The molecule has 7 heteroatoms. The summed E-state index contributed by atoms with van der Waals surface area (Å²) in [5.74, 6) is -1.19. The van der Waals surface area contributed by atoms with E-state index in [2.05, 4.69) is 14.9 Å². The summed E-state index contributed by atoms with van der Waals surface area (Å²) in [5.41, 5.74) is 5.78. The number of nitrogens with zero attached hydrogens (tertiary/aromatic N) is 1. The summed E-state index contributed by atoms with van der Waals surface area (Å²) in [7, 11) is 1.17. The number of hydrogen-bond donors (Lipinski definition) is 2. The van der Waals surface area contributed by atoms with Crippen LogP contribution in [0.4, 0.5) is 4.39 Å². The van der Waals surface area contributed by atoms with Gasteiger partial charge in [-0.05, 0) is 24.3 Å². The normalized spacial score (nSPS) is 10.3. The van der Waals surface area contributed by atoms with Crippen molar-refractivity contribution < 1.29 is 13.9 Å². The lowest BCUT2D eigenvalue weighted by molar-refractivity contribution is 0.0598. The molecule has 0 aliphatic heterocycles. The Morgan fingerprint density at radius 2 is 2.20 bits per heavy atom. The van der Waals surface area contributed by atoms with Crippen molar-refractivity contribution in [3.05, 3.63) is 51.6 Å². The van der Waals surface area contributed by atoms with Crippen LogP contribution in [0.15, 0.2) is 29.1 Å². The van der Waals surface area contributed by atoms with Gasteiger partial charge in [-0.25, -0.2) is 14.3 Å². The number of aromatic nitrogens is 2. The van der Waals surface area contributed by atoms with Gasteiger partial charge in [-0.3, -0.25) is 4.79 Å². The highest BCUT2D eigenvalue weighted by Gasteiger charge is 2.14. The number of halogens is 1. The van der Waals surface area contributed by atoms with Gasteiger partial charge in [-0.2, -0.15) is 5.10 Å². The molecular weight excluding hydrogens is 265 g/mol. The first kappa shape index (κ1) is 13.9. The molecule has 2 aromatic rings. The van der Waals surface area contributed by atoms with Crippen LogP contribution in [0, 0.1) is 5.82 Å². The van der Waals surface area contributed by atoms with Gasteiger partial charge in [0.15, 0.2) is 0 Å². The van der Waals surface area contributed by atoms with Crippen molar-refractivity contribution >= 4 is 5.97 Å². The van der Waals surface area contributed by atoms with Gasteiger partial charge in [-0.1, -0.05) is 0 Å². The highest BCUT2D eigenvalue weighted by atomic mass is 19.1. The number of nitrogens with two attached hydrogens (primary N) is 1. The first-order valence-corrected chi connectivity index (χ1v) is 5.73. The second-order valence-corrected chi connectivity index (χ2v) is 4.00. The fourth-order valence-corrected chi connectivity index (χ4v) is 1.71. The molecule has 0 aliphatic rings. The third kappa shape index (κ3) is 2.57. The molecule has 1 aromatic carbocycles. The van der Waals surface area contributed by atoms with Crippen LogP contribution < -0.4 is 11.3 Å². The molecule has 0 saturated heterocycles. The minimum atomic E-state index is -0.768. The highest BCUT2D eigenvalue weighted by Crippen LogP contribution is 2.20. The number of aromatic amines is 1. The van der Waals surface area contributed by atoms with Crippen molar-refractivity contribution in [2.75, 3.05) is 7.11 Å². The molecular formula is C13H12FN3O3. The van der Waals surface area contributed by atoms with Crippen molar-refractivity contribution in [2.24, 2.45) is 5.73 Å². The summed E-state index contributed by atoms with van der Waals surface area (Å²) in [5, 5.41) is 6.03. The van der Waals surface area contributed by atoms with E-state index in [9.17, 15) is 14.0 Å². The fraction of sp³-hybridized carbons (Fsp3) is 0.154. The maximum Gasteiger partial charge on any atom is 0.343 e. The molecule has 20 heavy (non-hydrogen) atoms. The monoisotopic (exact) mass is 277 g/mol. The topological polar surface area (TPSA) is 98.1 Å². The Balaban J connectivity index is 2.53. The standard InChI is InChI=1S/C13H12FN3O3/c1-20-13(19)9-5-11(16-17-12(9)18)7-2-3-10(14)8(4-7)6-15/h2-5H,6,15H2,1H3,(H,17,18). The van der Waals surface area contributed by atoms with Crippen LogP contribution in [0.1, 0.15) is 15.9 Å². The Morgan fingerprint density at radius 3 is 2.85 bits per heavy atom. The lowest BCUT2D eigenvalue weighted by Crippen LogP contribution is -2.20. The number of carbonyl (C=O) groups excluding carboxylic acids is 1. The van der Waals surface area contributed by atoms with Crippen molar-refractivity contribution in [3.63, 3.8) is 0 Å². The van der Waals surface area contributed by atoms with E-state index in [1.165, 1.54) is 31.4 Å². The van der Waals surface area contributed by atoms with Crippen molar-refractivity contribution in [1.82, 2.24) is 10.2 Å². The molecule has 0 aliphatic carbocycles. The number of hydrogen-bond acceptors (Lipinski definition) is 5. The highest BCUT2D eigenvalue weighted by molar-refractivity contribution is 5.89. The van der Waals surface area contributed by atoms with E-state index in [0.717, 1.165) is 0 Å². The Kier molecular flexibility index (Phi) is 3.90. The average Bonchev–Trinajstić information content (AvgIpc) is 2.47. The summed E-state index contributed by atoms with van der Waals surface area (Å²) in [4.78, 5) is 22.9. The zero-order valence-electron chi connectivity index (χ0n) is 10.6. The Bertz CT molecular complexity index is 712.